The molecule has 0 heterocycles. The smallest absolute Gasteiger partial charge is 0.269 e. The van der Waals surface area contributed by atoms with Crippen molar-refractivity contribution in [1.29, 1.82) is 0 Å². The Bertz CT molecular complexity index is 1270. The number of carbonyl (C=O) groups is 2. The number of non-ortho nitro benzene ring substituents is 2. The maximum absolute atomic E-state index is 12.0. The molecule has 4 fully saturated rings. The Hall–Kier alpha value is -3.90. The third-order valence-electron chi connectivity index (χ3n) is 9.88. The maximum atomic E-state index is 12.0. The molecule has 0 aliphatic heterocycles. The second-order valence-corrected chi connectivity index (χ2v) is 13.3. The van der Waals surface area contributed by atoms with Gasteiger partial charge in [0.2, 0.25) is 11.8 Å². The highest BCUT2D eigenvalue weighted by atomic mass is 16.6. The summed E-state index contributed by atoms with van der Waals surface area (Å²) in [6.45, 7) is 4.38. The van der Waals surface area contributed by atoms with Gasteiger partial charge >= 0.3 is 0 Å². The van der Waals surface area contributed by atoms with Gasteiger partial charge in [0.25, 0.3) is 11.4 Å². The maximum Gasteiger partial charge on any atom is 0.269 e. The molecule has 2 unspecified atom stereocenters. The molecule has 0 saturated heterocycles. The minimum atomic E-state index is -0.432. The molecule has 12 nitrogen and oxygen atoms in total. The van der Waals surface area contributed by atoms with Crippen molar-refractivity contribution in [3.8, 4) is 0 Å². The quantitative estimate of drug-likeness (QED) is 0.132. The van der Waals surface area contributed by atoms with Crippen LogP contribution in [0.5, 0.6) is 0 Å². The molecule has 2 aromatic carbocycles. The van der Waals surface area contributed by atoms with Crippen molar-refractivity contribution < 1.29 is 19.4 Å². The highest BCUT2D eigenvalue weighted by Gasteiger charge is 2.56. The van der Waals surface area contributed by atoms with Crippen LogP contribution in [0.15, 0.2) is 48.5 Å². The summed E-state index contributed by atoms with van der Waals surface area (Å²) in [5.41, 5.74) is 2.06. The minimum Gasteiger partial charge on any atom is -0.337 e. The number of hydrogen-bond donors (Lipinski definition) is 4. The fourth-order valence-electron chi connectivity index (χ4n) is 8.69. The summed E-state index contributed by atoms with van der Waals surface area (Å²) in [6, 6.07) is 12.6. The Morgan fingerprint density at radius 1 is 0.727 bits per heavy atom. The lowest BCUT2D eigenvalue weighted by molar-refractivity contribution is -0.385. The number of carbonyl (C=O) groups excluding carboxylic acids is 2. The predicted molar refractivity (Wildman–Crippen MR) is 164 cm³/mol. The molecule has 4 aliphatic rings. The summed E-state index contributed by atoms with van der Waals surface area (Å²) in [7, 11) is 0. The fraction of sp³-hybridized carbons (Fsp3) is 0.562. The number of hydrogen-bond acceptors (Lipinski definition) is 8. The van der Waals surface area contributed by atoms with E-state index in [2.05, 4.69) is 21.3 Å². The number of rotatable bonds is 14. The first-order chi connectivity index (χ1) is 20.9. The largest absolute Gasteiger partial charge is 0.337 e. The van der Waals surface area contributed by atoms with Gasteiger partial charge in [0.1, 0.15) is 12.3 Å². The summed E-state index contributed by atoms with van der Waals surface area (Å²) < 4.78 is 0. The molecular weight excluding hydrogens is 564 g/mol. The topological polar surface area (TPSA) is 169 Å². The highest BCUT2D eigenvalue weighted by molar-refractivity contribution is 5.73. The molecule has 44 heavy (non-hydrogen) atoms. The zero-order valence-electron chi connectivity index (χ0n) is 25.3. The van der Waals surface area contributed by atoms with E-state index in [0.29, 0.717) is 11.8 Å². The van der Waals surface area contributed by atoms with E-state index < -0.39 is 22.2 Å². The predicted octanol–water partition coefficient (Wildman–Crippen LogP) is 5.02. The SMILES string of the molecule is CC(=O)NC(NCCC12CC3CC(C1)CC(CCNC(NC(C)=O)c1ccc([N+](=O)[O-])cc1)(C3)C2)c1ccc([N+](=O)[O-])cc1. The van der Waals surface area contributed by atoms with Crippen LogP contribution < -0.4 is 21.3 Å². The van der Waals surface area contributed by atoms with Crippen molar-refractivity contribution in [2.45, 2.75) is 77.5 Å². The lowest BCUT2D eigenvalue weighted by atomic mass is 9.43. The molecule has 0 radical (unpaired) electrons. The van der Waals surface area contributed by atoms with E-state index in [1.807, 2.05) is 0 Å². The van der Waals surface area contributed by atoms with Crippen LogP contribution in [0.3, 0.4) is 0 Å². The molecular formula is C32H42N6O6. The molecule has 4 saturated carbocycles. The van der Waals surface area contributed by atoms with E-state index in [0.717, 1.165) is 43.5 Å². The van der Waals surface area contributed by atoms with Crippen LogP contribution in [0.4, 0.5) is 11.4 Å². The number of nitrogens with one attached hydrogen (secondary N) is 4. The van der Waals surface area contributed by atoms with E-state index >= 15 is 0 Å². The average molecular weight is 607 g/mol. The van der Waals surface area contributed by atoms with Crippen LogP contribution in [-0.2, 0) is 9.59 Å². The molecule has 4 N–H and O–H groups in total. The van der Waals surface area contributed by atoms with Crippen LogP contribution in [0.2, 0.25) is 0 Å². The molecule has 2 amide bonds. The summed E-state index contributed by atoms with van der Waals surface area (Å²) in [5.74, 6) is 1.07. The zero-order chi connectivity index (χ0) is 31.5. The van der Waals surface area contributed by atoms with E-state index in [1.54, 1.807) is 24.3 Å². The molecule has 6 rings (SSSR count). The van der Waals surface area contributed by atoms with E-state index in [1.165, 1.54) is 70.2 Å². The van der Waals surface area contributed by atoms with E-state index in [-0.39, 0.29) is 34.0 Å². The third-order valence-corrected chi connectivity index (χ3v) is 9.88. The summed E-state index contributed by atoms with van der Waals surface area (Å²) in [5, 5.41) is 35.1. The minimum absolute atomic E-state index is 0.0137. The Kier molecular flexibility index (Phi) is 9.31. The monoisotopic (exact) mass is 606 g/mol. The first-order valence-electron chi connectivity index (χ1n) is 15.4. The van der Waals surface area contributed by atoms with Crippen LogP contribution >= 0.6 is 0 Å². The van der Waals surface area contributed by atoms with Crippen LogP contribution in [0.25, 0.3) is 0 Å². The van der Waals surface area contributed by atoms with Gasteiger partial charge in [-0.15, -0.1) is 0 Å². The molecule has 0 aromatic heterocycles. The molecule has 0 spiro atoms. The molecule has 2 atom stereocenters. The lowest BCUT2D eigenvalue weighted by Crippen LogP contribution is -2.53. The Balaban J connectivity index is 1.21. The first kappa shape index (κ1) is 31.5. The van der Waals surface area contributed by atoms with Crippen molar-refractivity contribution in [3.63, 3.8) is 0 Å². The molecule has 236 valence electrons. The van der Waals surface area contributed by atoms with Crippen LogP contribution in [-0.4, -0.2) is 34.8 Å². The number of benzene rings is 2. The van der Waals surface area contributed by atoms with E-state index in [4.69, 9.17) is 0 Å². The summed E-state index contributed by atoms with van der Waals surface area (Å²) in [4.78, 5) is 45.2. The van der Waals surface area contributed by atoms with Gasteiger partial charge in [-0.05, 0) is 123 Å². The second kappa shape index (κ2) is 13.0. The third kappa shape index (κ3) is 7.41. The van der Waals surface area contributed by atoms with Crippen molar-refractivity contribution in [2.24, 2.45) is 22.7 Å². The van der Waals surface area contributed by atoms with Gasteiger partial charge in [-0.25, -0.2) is 0 Å². The van der Waals surface area contributed by atoms with Crippen molar-refractivity contribution in [2.75, 3.05) is 13.1 Å². The van der Waals surface area contributed by atoms with Gasteiger partial charge in [-0.1, -0.05) is 0 Å². The number of nitro benzene ring substituents is 2. The second-order valence-electron chi connectivity index (χ2n) is 13.3. The summed E-state index contributed by atoms with van der Waals surface area (Å²) >= 11 is 0. The van der Waals surface area contributed by atoms with Gasteiger partial charge in [-0.3, -0.25) is 40.5 Å². The molecule has 2 aromatic rings. The highest BCUT2D eigenvalue weighted by Crippen LogP contribution is 2.67. The van der Waals surface area contributed by atoms with Gasteiger partial charge in [0.05, 0.1) is 9.85 Å². The van der Waals surface area contributed by atoms with Gasteiger partial charge in [-0.2, -0.15) is 0 Å². The Morgan fingerprint density at radius 2 is 1.09 bits per heavy atom. The van der Waals surface area contributed by atoms with E-state index in [9.17, 15) is 29.8 Å². The van der Waals surface area contributed by atoms with Crippen molar-refractivity contribution >= 4 is 23.2 Å². The molecule has 4 bridgehead atoms. The van der Waals surface area contributed by atoms with Crippen LogP contribution in [0.1, 0.15) is 88.7 Å². The van der Waals surface area contributed by atoms with Gasteiger partial charge < -0.3 is 10.6 Å². The molecule has 12 heteroatoms. The molecule has 4 aliphatic carbocycles. The van der Waals surface area contributed by atoms with Crippen LogP contribution in [0, 0.1) is 42.9 Å². The summed E-state index contributed by atoms with van der Waals surface area (Å²) in [6.07, 6.45) is 8.47. The number of amides is 2. The first-order valence-corrected chi connectivity index (χ1v) is 15.4. The number of nitrogens with zero attached hydrogens (tertiary/aromatic N) is 2. The fourth-order valence-corrected chi connectivity index (χ4v) is 8.69. The Morgan fingerprint density at radius 3 is 1.41 bits per heavy atom. The lowest BCUT2D eigenvalue weighted by Gasteiger charge is -2.63. The average Bonchev–Trinajstić information content (AvgIpc) is 2.95. The zero-order valence-corrected chi connectivity index (χ0v) is 25.3. The van der Waals surface area contributed by atoms with Gasteiger partial charge in [0, 0.05) is 38.1 Å². The van der Waals surface area contributed by atoms with Crippen molar-refractivity contribution in [3.05, 3.63) is 79.9 Å². The van der Waals surface area contributed by atoms with Crippen molar-refractivity contribution in [1.82, 2.24) is 21.3 Å². The van der Waals surface area contributed by atoms with Gasteiger partial charge in [0.15, 0.2) is 0 Å². The normalized spacial score (nSPS) is 26.5. The Labute approximate surface area is 257 Å². The standard InChI is InChI=1S/C32H42N6O6/c1-21(39)35-29(25-3-7-27(8-4-25)37(41)42)33-13-11-31-16-23-15-24(17-31)19-32(18-23,20-31)12-14-34-30(36-22(2)40)26-5-9-28(10-6-26)38(43)44/h3-10,23-24,29-30,33-34H,11-20H2,1-2H3,(H,35,39)(H,36,40). The number of nitro groups is 2.